The van der Waals surface area contributed by atoms with E-state index in [-0.39, 0.29) is 25.4 Å². The first kappa shape index (κ1) is 43.2. The topological polar surface area (TPSA) is 189 Å². The SMILES string of the molecule is CC(=O)O[C@H](CCOC(=O)C[C@@H](OC(=O)CCCCCCCCCCOc1ccccc1)C(=O)O[C@H](CC(=O)O)C(=O)O)[C@H](C)Cc1ccccc1. The smallest absolute Gasteiger partial charge is 0.348 e. The van der Waals surface area contributed by atoms with Gasteiger partial charge in [-0.25, -0.2) is 9.59 Å². The highest BCUT2D eigenvalue weighted by Gasteiger charge is 2.34. The number of carbonyl (C=O) groups is 6. The Morgan fingerprint density at radius 2 is 1.25 bits per heavy atom. The lowest BCUT2D eigenvalue weighted by molar-refractivity contribution is -0.181. The molecule has 0 aromatic heterocycles. The van der Waals surface area contributed by atoms with Crippen LogP contribution in [0.5, 0.6) is 5.75 Å². The normalized spacial score (nSPS) is 13.1. The molecule has 13 nitrogen and oxygen atoms in total. The monoisotopic (exact) mass is 728 g/mol. The van der Waals surface area contributed by atoms with Crippen molar-refractivity contribution in [3.05, 3.63) is 66.2 Å². The van der Waals surface area contributed by atoms with Crippen molar-refractivity contribution in [3.8, 4) is 5.75 Å². The van der Waals surface area contributed by atoms with Crippen LogP contribution < -0.4 is 4.74 Å². The fourth-order valence-electron chi connectivity index (χ4n) is 5.37. The predicted molar refractivity (Wildman–Crippen MR) is 188 cm³/mol. The first-order valence-electron chi connectivity index (χ1n) is 17.8. The van der Waals surface area contributed by atoms with E-state index in [9.17, 15) is 33.9 Å². The van der Waals surface area contributed by atoms with E-state index in [2.05, 4.69) is 0 Å². The van der Waals surface area contributed by atoms with Crippen molar-refractivity contribution in [2.24, 2.45) is 5.92 Å². The number of hydrogen-bond donors (Lipinski definition) is 2. The van der Waals surface area contributed by atoms with Crippen LogP contribution in [0.15, 0.2) is 60.7 Å². The van der Waals surface area contributed by atoms with Gasteiger partial charge in [-0.2, -0.15) is 0 Å². The van der Waals surface area contributed by atoms with Gasteiger partial charge in [-0.1, -0.05) is 94.0 Å². The van der Waals surface area contributed by atoms with Crippen LogP contribution in [0.2, 0.25) is 0 Å². The quantitative estimate of drug-likeness (QED) is 0.0611. The van der Waals surface area contributed by atoms with Gasteiger partial charge in [-0.05, 0) is 42.9 Å². The summed E-state index contributed by atoms with van der Waals surface area (Å²) in [6, 6.07) is 19.2. The van der Waals surface area contributed by atoms with E-state index in [1.165, 1.54) is 6.92 Å². The standard InChI is InChI=1S/C39H52O13/c1-28(25-30-17-11-9-12-18-30)32(50-29(2)40)22-24-49-37(44)27-34(39(47)52-33(38(45)46)26-35(41)42)51-36(43)21-15-7-5-3-4-6-8-16-23-48-31-19-13-10-14-20-31/h9-14,17-20,28,32-34H,3-8,15-16,21-27H2,1-2H3,(H,41,42)(H,45,46)/t28-,32-,33-,34-/m1/s1. The summed E-state index contributed by atoms with van der Waals surface area (Å²) in [6.45, 7) is 3.65. The molecule has 4 atom stereocenters. The molecule has 2 aromatic carbocycles. The van der Waals surface area contributed by atoms with Crippen LogP contribution >= 0.6 is 0 Å². The summed E-state index contributed by atoms with van der Waals surface area (Å²) in [7, 11) is 0. The zero-order valence-corrected chi connectivity index (χ0v) is 30.1. The Labute approximate surface area is 304 Å². The van der Waals surface area contributed by atoms with Gasteiger partial charge in [0.15, 0.2) is 0 Å². The van der Waals surface area contributed by atoms with E-state index in [0.717, 1.165) is 56.3 Å². The Balaban J connectivity index is 1.82. The van der Waals surface area contributed by atoms with Gasteiger partial charge in [-0.15, -0.1) is 0 Å². The molecular weight excluding hydrogens is 676 g/mol. The number of carbonyl (C=O) groups excluding carboxylic acids is 4. The van der Waals surface area contributed by atoms with Crippen LogP contribution in [0.4, 0.5) is 0 Å². The van der Waals surface area contributed by atoms with Gasteiger partial charge in [-0.3, -0.25) is 19.2 Å². The highest BCUT2D eigenvalue weighted by atomic mass is 16.6. The van der Waals surface area contributed by atoms with E-state index in [1.807, 2.05) is 67.6 Å². The van der Waals surface area contributed by atoms with Crippen LogP contribution in [0.25, 0.3) is 0 Å². The van der Waals surface area contributed by atoms with Crippen LogP contribution in [-0.2, 0) is 54.1 Å². The second-order valence-electron chi connectivity index (χ2n) is 12.6. The molecule has 13 heteroatoms. The second-order valence-corrected chi connectivity index (χ2v) is 12.6. The van der Waals surface area contributed by atoms with Gasteiger partial charge in [0.1, 0.15) is 11.9 Å². The number of unbranched alkanes of at least 4 members (excludes halogenated alkanes) is 7. The first-order valence-corrected chi connectivity index (χ1v) is 17.8. The van der Waals surface area contributed by atoms with Gasteiger partial charge in [0.05, 0.1) is 26.1 Å². The molecule has 2 aromatic rings. The van der Waals surface area contributed by atoms with Gasteiger partial charge >= 0.3 is 35.8 Å². The molecule has 286 valence electrons. The molecule has 0 saturated heterocycles. The van der Waals surface area contributed by atoms with Crippen molar-refractivity contribution in [1.82, 2.24) is 0 Å². The lowest BCUT2D eigenvalue weighted by Crippen LogP contribution is -2.38. The zero-order chi connectivity index (χ0) is 38.1. The molecule has 0 aliphatic carbocycles. The van der Waals surface area contributed by atoms with Crippen LogP contribution in [0.3, 0.4) is 0 Å². The summed E-state index contributed by atoms with van der Waals surface area (Å²) >= 11 is 0. The maximum absolute atomic E-state index is 12.9. The third kappa shape index (κ3) is 19.5. The van der Waals surface area contributed by atoms with Crippen LogP contribution in [0.1, 0.15) is 96.5 Å². The lowest BCUT2D eigenvalue weighted by atomic mass is 9.94. The number of benzene rings is 2. The molecule has 52 heavy (non-hydrogen) atoms. The lowest BCUT2D eigenvalue weighted by Gasteiger charge is -2.24. The molecule has 0 bridgehead atoms. The first-order chi connectivity index (χ1) is 24.9. The number of esters is 4. The van der Waals surface area contributed by atoms with Crippen LogP contribution in [0, 0.1) is 5.92 Å². The number of hydrogen-bond acceptors (Lipinski definition) is 11. The summed E-state index contributed by atoms with van der Waals surface area (Å²) in [5.41, 5.74) is 1.03. The minimum Gasteiger partial charge on any atom is -0.494 e. The summed E-state index contributed by atoms with van der Waals surface area (Å²) in [5.74, 6) is -6.16. The highest BCUT2D eigenvalue weighted by molar-refractivity contribution is 5.87. The van der Waals surface area contributed by atoms with Gasteiger partial charge < -0.3 is 33.9 Å². The van der Waals surface area contributed by atoms with Crippen molar-refractivity contribution < 1.29 is 62.7 Å². The van der Waals surface area contributed by atoms with E-state index in [1.54, 1.807) is 0 Å². The van der Waals surface area contributed by atoms with Gasteiger partial charge in [0, 0.05) is 19.8 Å². The van der Waals surface area contributed by atoms with E-state index >= 15 is 0 Å². The van der Waals surface area contributed by atoms with Crippen molar-refractivity contribution in [2.45, 2.75) is 116 Å². The maximum Gasteiger partial charge on any atom is 0.348 e. The molecule has 0 saturated carbocycles. The number of carboxylic acids is 2. The molecule has 0 radical (unpaired) electrons. The molecule has 0 amide bonds. The number of para-hydroxylation sites is 1. The van der Waals surface area contributed by atoms with Gasteiger partial charge in [0.2, 0.25) is 12.2 Å². The molecule has 0 fully saturated rings. The summed E-state index contributed by atoms with van der Waals surface area (Å²) in [6.07, 6.45) is 1.54. The summed E-state index contributed by atoms with van der Waals surface area (Å²) in [4.78, 5) is 72.6. The van der Waals surface area contributed by atoms with E-state index < -0.39 is 67.0 Å². The average Bonchev–Trinajstić information content (AvgIpc) is 3.10. The minimum atomic E-state index is -2.06. The molecule has 0 spiro atoms. The molecular formula is C39H52O13. The molecule has 2 rings (SSSR count). The number of aliphatic carboxylic acids is 2. The summed E-state index contributed by atoms with van der Waals surface area (Å²) in [5, 5.41) is 18.3. The fraction of sp³-hybridized carbons (Fsp3) is 0.538. The highest BCUT2D eigenvalue weighted by Crippen LogP contribution is 2.19. The van der Waals surface area contributed by atoms with E-state index in [4.69, 9.17) is 28.8 Å². The summed E-state index contributed by atoms with van der Waals surface area (Å²) < 4.78 is 26.5. The maximum atomic E-state index is 12.9. The minimum absolute atomic E-state index is 0.0590. The zero-order valence-electron chi connectivity index (χ0n) is 30.1. The number of ether oxygens (including phenoxy) is 5. The number of carboxylic acid groups (broad SMARTS) is 2. The van der Waals surface area contributed by atoms with Crippen molar-refractivity contribution in [1.29, 1.82) is 0 Å². The fourth-order valence-corrected chi connectivity index (χ4v) is 5.37. The Hall–Kier alpha value is -4.94. The van der Waals surface area contributed by atoms with Crippen molar-refractivity contribution in [2.75, 3.05) is 13.2 Å². The molecule has 2 N–H and O–H groups in total. The average molecular weight is 729 g/mol. The molecule has 0 aliphatic heterocycles. The number of rotatable bonds is 27. The van der Waals surface area contributed by atoms with E-state index in [0.29, 0.717) is 19.4 Å². The third-order valence-corrected chi connectivity index (χ3v) is 8.09. The third-order valence-electron chi connectivity index (χ3n) is 8.09. The van der Waals surface area contributed by atoms with Crippen molar-refractivity contribution >= 4 is 35.8 Å². The predicted octanol–water partition coefficient (Wildman–Crippen LogP) is 6.09. The Morgan fingerprint density at radius 1 is 0.654 bits per heavy atom. The van der Waals surface area contributed by atoms with Crippen LogP contribution in [-0.4, -0.2) is 77.6 Å². The van der Waals surface area contributed by atoms with Crippen molar-refractivity contribution in [3.63, 3.8) is 0 Å². The largest absolute Gasteiger partial charge is 0.494 e. The Morgan fingerprint density at radius 3 is 1.85 bits per heavy atom. The molecule has 0 unspecified atom stereocenters. The second kappa shape index (κ2) is 25.1. The van der Waals surface area contributed by atoms with Gasteiger partial charge in [0.25, 0.3) is 0 Å². The Bertz CT molecular complexity index is 1380. The Kier molecular flexibility index (Phi) is 20.9. The molecule has 0 aliphatic rings. The molecule has 0 heterocycles.